The number of nitrogens with one attached hydrogen (secondary N) is 1. The molecule has 0 saturated heterocycles. The summed E-state index contributed by atoms with van der Waals surface area (Å²) in [5, 5.41) is 0. The number of halogens is 1. The second-order valence-corrected chi connectivity index (χ2v) is 9.27. The SMILES string of the molecule is N=S(=O)(Cc1cn2c(n1)sc1cc(Br)ccc12)c1ccccc1. The Morgan fingerprint density at radius 2 is 2.00 bits per heavy atom. The van der Waals surface area contributed by atoms with Gasteiger partial charge in [-0.3, -0.25) is 4.40 Å². The Kier molecular flexibility index (Phi) is 3.51. The molecule has 0 radical (unpaired) electrons. The van der Waals surface area contributed by atoms with Gasteiger partial charge in [0.1, 0.15) is 0 Å². The molecule has 0 fully saturated rings. The predicted molar refractivity (Wildman–Crippen MR) is 97.5 cm³/mol. The molecule has 0 bridgehead atoms. The molecule has 0 amide bonds. The number of nitrogens with zero attached hydrogens (tertiary/aromatic N) is 2. The standard InChI is InChI=1S/C16H12BrN3OS2/c17-11-6-7-14-15(8-11)22-16-19-12(9-20(14)16)10-23(18,21)13-4-2-1-3-5-13/h1-9,18H,10H2. The van der Waals surface area contributed by atoms with Crippen LogP contribution < -0.4 is 0 Å². The van der Waals surface area contributed by atoms with E-state index < -0.39 is 9.73 Å². The molecule has 2 aromatic heterocycles. The third-order valence-corrected chi connectivity index (χ3v) is 6.83. The van der Waals surface area contributed by atoms with E-state index in [9.17, 15) is 4.21 Å². The van der Waals surface area contributed by atoms with Crippen molar-refractivity contribution in [3.05, 3.63) is 64.9 Å². The first-order valence-electron chi connectivity index (χ1n) is 6.90. The van der Waals surface area contributed by atoms with E-state index in [0.29, 0.717) is 10.6 Å². The number of aromatic nitrogens is 2. The molecular formula is C16H12BrN3OS2. The van der Waals surface area contributed by atoms with Crippen LogP contribution in [-0.4, -0.2) is 13.6 Å². The van der Waals surface area contributed by atoms with Gasteiger partial charge >= 0.3 is 0 Å². The fourth-order valence-corrected chi connectivity index (χ4v) is 5.42. The molecular weight excluding hydrogens is 394 g/mol. The van der Waals surface area contributed by atoms with Gasteiger partial charge in [0, 0.05) is 15.6 Å². The summed E-state index contributed by atoms with van der Waals surface area (Å²) in [5.74, 6) is 0.128. The van der Waals surface area contributed by atoms with Crippen molar-refractivity contribution in [1.82, 2.24) is 9.38 Å². The summed E-state index contributed by atoms with van der Waals surface area (Å²) >= 11 is 5.06. The van der Waals surface area contributed by atoms with E-state index in [4.69, 9.17) is 4.78 Å². The first-order valence-corrected chi connectivity index (χ1v) is 10.2. The lowest BCUT2D eigenvalue weighted by atomic mass is 10.3. The van der Waals surface area contributed by atoms with Crippen molar-refractivity contribution >= 4 is 52.2 Å². The summed E-state index contributed by atoms with van der Waals surface area (Å²) in [6.45, 7) is 0. The molecule has 23 heavy (non-hydrogen) atoms. The average Bonchev–Trinajstić information content (AvgIpc) is 3.04. The van der Waals surface area contributed by atoms with E-state index in [1.807, 2.05) is 28.8 Å². The molecule has 0 aliphatic heterocycles. The summed E-state index contributed by atoms with van der Waals surface area (Å²) in [5.41, 5.74) is 1.76. The van der Waals surface area contributed by atoms with E-state index >= 15 is 0 Å². The van der Waals surface area contributed by atoms with Gasteiger partial charge < -0.3 is 0 Å². The molecule has 1 unspecified atom stereocenters. The molecule has 1 N–H and O–H groups in total. The first kappa shape index (κ1) is 14.9. The lowest BCUT2D eigenvalue weighted by Gasteiger charge is -2.05. The Labute approximate surface area is 145 Å². The van der Waals surface area contributed by atoms with Crippen molar-refractivity contribution < 1.29 is 4.21 Å². The van der Waals surface area contributed by atoms with Crippen molar-refractivity contribution in [2.75, 3.05) is 0 Å². The van der Waals surface area contributed by atoms with E-state index in [2.05, 4.69) is 27.0 Å². The molecule has 7 heteroatoms. The summed E-state index contributed by atoms with van der Waals surface area (Å²) < 4.78 is 25.1. The maximum Gasteiger partial charge on any atom is 0.194 e. The molecule has 116 valence electrons. The highest BCUT2D eigenvalue weighted by Gasteiger charge is 2.15. The monoisotopic (exact) mass is 405 g/mol. The quantitative estimate of drug-likeness (QED) is 0.525. The fourth-order valence-electron chi connectivity index (χ4n) is 2.52. The van der Waals surface area contributed by atoms with Crippen LogP contribution in [0.25, 0.3) is 15.2 Å². The Morgan fingerprint density at radius 3 is 2.78 bits per heavy atom. The van der Waals surface area contributed by atoms with Gasteiger partial charge in [0.2, 0.25) is 0 Å². The Morgan fingerprint density at radius 1 is 1.22 bits per heavy atom. The second-order valence-electron chi connectivity index (χ2n) is 5.23. The van der Waals surface area contributed by atoms with Crippen molar-refractivity contribution in [3.8, 4) is 0 Å². The van der Waals surface area contributed by atoms with Crippen LogP contribution in [0.15, 0.2) is 64.1 Å². The van der Waals surface area contributed by atoms with Crippen LogP contribution in [0.2, 0.25) is 0 Å². The van der Waals surface area contributed by atoms with Crippen LogP contribution in [0.4, 0.5) is 0 Å². The summed E-state index contributed by atoms with van der Waals surface area (Å²) in [6, 6.07) is 15.0. The van der Waals surface area contributed by atoms with Gasteiger partial charge in [-0.15, -0.1) is 0 Å². The maximum absolute atomic E-state index is 12.7. The third kappa shape index (κ3) is 2.69. The van der Waals surface area contributed by atoms with Gasteiger partial charge in [-0.05, 0) is 30.3 Å². The number of hydrogen-bond acceptors (Lipinski definition) is 4. The van der Waals surface area contributed by atoms with E-state index in [1.165, 1.54) is 0 Å². The maximum atomic E-state index is 12.7. The summed E-state index contributed by atoms with van der Waals surface area (Å²) in [4.78, 5) is 5.96. The Balaban J connectivity index is 1.76. The highest BCUT2D eigenvalue weighted by atomic mass is 79.9. The molecule has 4 aromatic rings. The van der Waals surface area contributed by atoms with Gasteiger partial charge in [0.25, 0.3) is 0 Å². The molecule has 4 rings (SSSR count). The number of imidazole rings is 1. The third-order valence-electron chi connectivity index (χ3n) is 3.58. The molecule has 0 spiro atoms. The topological polar surface area (TPSA) is 58.2 Å². The van der Waals surface area contributed by atoms with Crippen molar-refractivity contribution in [2.45, 2.75) is 10.6 Å². The van der Waals surface area contributed by atoms with Crippen LogP contribution in [0.5, 0.6) is 0 Å². The van der Waals surface area contributed by atoms with Crippen LogP contribution in [0.1, 0.15) is 5.69 Å². The van der Waals surface area contributed by atoms with Crippen molar-refractivity contribution in [2.24, 2.45) is 0 Å². The largest absolute Gasteiger partial charge is 0.290 e. The molecule has 0 saturated carbocycles. The predicted octanol–water partition coefficient (Wildman–Crippen LogP) is 4.92. The number of fused-ring (bicyclic) bond motifs is 3. The highest BCUT2D eigenvalue weighted by Crippen LogP contribution is 2.29. The van der Waals surface area contributed by atoms with E-state index in [-0.39, 0.29) is 5.75 Å². The van der Waals surface area contributed by atoms with E-state index in [1.54, 1.807) is 35.6 Å². The minimum Gasteiger partial charge on any atom is -0.290 e. The van der Waals surface area contributed by atoms with Gasteiger partial charge in [-0.25, -0.2) is 14.0 Å². The normalized spacial score (nSPS) is 14.3. The number of thiazole rings is 1. The van der Waals surface area contributed by atoms with Gasteiger partial charge in [0.15, 0.2) is 4.96 Å². The first-order chi connectivity index (χ1) is 11.0. The Hall–Kier alpha value is -1.70. The second kappa shape index (κ2) is 5.43. The zero-order chi connectivity index (χ0) is 16.0. The zero-order valence-corrected chi connectivity index (χ0v) is 15.1. The molecule has 0 aliphatic rings. The van der Waals surface area contributed by atoms with Crippen LogP contribution >= 0.6 is 27.3 Å². The van der Waals surface area contributed by atoms with Crippen LogP contribution in [0, 0.1) is 4.78 Å². The molecule has 2 aromatic carbocycles. The highest BCUT2D eigenvalue weighted by molar-refractivity contribution is 9.10. The van der Waals surface area contributed by atoms with Crippen LogP contribution in [0.3, 0.4) is 0 Å². The number of benzene rings is 2. The van der Waals surface area contributed by atoms with Gasteiger partial charge in [-0.2, -0.15) is 0 Å². The molecule has 4 nitrogen and oxygen atoms in total. The number of hydrogen-bond donors (Lipinski definition) is 1. The van der Waals surface area contributed by atoms with Gasteiger partial charge in [-0.1, -0.05) is 45.5 Å². The molecule has 2 heterocycles. The van der Waals surface area contributed by atoms with Crippen molar-refractivity contribution in [3.63, 3.8) is 0 Å². The average molecular weight is 406 g/mol. The molecule has 1 atom stereocenters. The Bertz CT molecular complexity index is 1110. The smallest absolute Gasteiger partial charge is 0.194 e. The van der Waals surface area contributed by atoms with Crippen molar-refractivity contribution in [1.29, 1.82) is 4.78 Å². The minimum absolute atomic E-state index is 0.128. The lowest BCUT2D eigenvalue weighted by Crippen LogP contribution is -2.03. The zero-order valence-electron chi connectivity index (χ0n) is 11.9. The lowest BCUT2D eigenvalue weighted by molar-refractivity contribution is 0.673. The fraction of sp³-hybridized carbons (Fsp3) is 0.0625. The van der Waals surface area contributed by atoms with Crippen LogP contribution in [-0.2, 0) is 15.5 Å². The van der Waals surface area contributed by atoms with E-state index in [0.717, 1.165) is 19.7 Å². The summed E-state index contributed by atoms with van der Waals surface area (Å²) in [7, 11) is -2.88. The van der Waals surface area contributed by atoms with Gasteiger partial charge in [0.05, 0.1) is 31.4 Å². The number of rotatable bonds is 3. The summed E-state index contributed by atoms with van der Waals surface area (Å²) in [6.07, 6.45) is 1.89. The molecule has 0 aliphatic carbocycles. The minimum atomic E-state index is -2.88.